The second-order valence-corrected chi connectivity index (χ2v) is 6.84. The molecule has 0 saturated carbocycles. The molecule has 100 valence electrons. The third-order valence-electron chi connectivity index (χ3n) is 2.74. The van der Waals surface area contributed by atoms with E-state index in [0.29, 0.717) is 0 Å². The molecule has 0 saturated heterocycles. The number of sulfonamides is 1. The summed E-state index contributed by atoms with van der Waals surface area (Å²) >= 11 is 3.27. The Kier molecular flexibility index (Phi) is 4.39. The average molecular weight is 340 g/mol. The number of halogens is 1. The van der Waals surface area contributed by atoms with Crippen LogP contribution in [0.4, 0.5) is 0 Å². The van der Waals surface area contributed by atoms with Crippen LogP contribution < -0.4 is 4.72 Å². The average Bonchev–Trinajstić information content (AvgIpc) is 2.39. The van der Waals surface area contributed by atoms with Gasteiger partial charge in [0.15, 0.2) is 0 Å². The van der Waals surface area contributed by atoms with Crippen LogP contribution in [0.1, 0.15) is 18.5 Å². The minimum Gasteiger partial charge on any atom is -0.207 e. The molecule has 0 bridgehead atoms. The zero-order chi connectivity index (χ0) is 13.9. The molecule has 2 aromatic rings. The van der Waals surface area contributed by atoms with E-state index in [4.69, 9.17) is 0 Å². The number of nitrogens with one attached hydrogen (secondary N) is 1. The summed E-state index contributed by atoms with van der Waals surface area (Å²) in [7, 11) is -3.51. The molecule has 0 fully saturated rings. The summed E-state index contributed by atoms with van der Waals surface area (Å²) in [5.41, 5.74) is 0.932. The maximum atomic E-state index is 12.2. The van der Waals surface area contributed by atoms with Crippen LogP contribution in [0.15, 0.2) is 64.0 Å². The van der Waals surface area contributed by atoms with Crippen molar-refractivity contribution in [1.82, 2.24) is 4.72 Å². The highest BCUT2D eigenvalue weighted by Crippen LogP contribution is 2.19. The Bertz CT molecular complexity index is 656. The maximum Gasteiger partial charge on any atom is 0.241 e. The van der Waals surface area contributed by atoms with Crippen molar-refractivity contribution in [3.63, 3.8) is 0 Å². The summed E-state index contributed by atoms with van der Waals surface area (Å²) in [6, 6.07) is 15.8. The summed E-state index contributed by atoms with van der Waals surface area (Å²) in [6.45, 7) is 1.82. The first-order valence-corrected chi connectivity index (χ1v) is 8.09. The molecular weight excluding hydrogens is 326 g/mol. The predicted octanol–water partition coefficient (Wildman–Crippen LogP) is 3.49. The zero-order valence-electron chi connectivity index (χ0n) is 10.4. The Balaban J connectivity index is 2.23. The molecule has 0 aromatic heterocycles. The summed E-state index contributed by atoms with van der Waals surface area (Å²) in [5.74, 6) is 0. The van der Waals surface area contributed by atoms with Gasteiger partial charge in [0.25, 0.3) is 0 Å². The molecule has 5 heteroatoms. The highest BCUT2D eigenvalue weighted by molar-refractivity contribution is 9.10. The second kappa shape index (κ2) is 5.86. The van der Waals surface area contributed by atoms with Gasteiger partial charge in [-0.25, -0.2) is 13.1 Å². The fraction of sp³-hybridized carbons (Fsp3) is 0.143. The molecule has 1 atom stereocenters. The van der Waals surface area contributed by atoms with Gasteiger partial charge >= 0.3 is 0 Å². The lowest BCUT2D eigenvalue weighted by Crippen LogP contribution is -2.26. The van der Waals surface area contributed by atoms with E-state index < -0.39 is 10.0 Å². The third kappa shape index (κ3) is 3.65. The number of hydrogen-bond donors (Lipinski definition) is 1. The van der Waals surface area contributed by atoms with E-state index in [0.717, 1.165) is 10.0 Å². The second-order valence-electron chi connectivity index (χ2n) is 4.21. The van der Waals surface area contributed by atoms with Crippen molar-refractivity contribution in [1.29, 1.82) is 0 Å². The number of benzene rings is 2. The Morgan fingerprint density at radius 3 is 2.37 bits per heavy atom. The molecule has 0 heterocycles. The topological polar surface area (TPSA) is 46.2 Å². The van der Waals surface area contributed by atoms with Crippen molar-refractivity contribution in [3.05, 3.63) is 64.6 Å². The van der Waals surface area contributed by atoms with E-state index in [1.54, 1.807) is 24.3 Å². The number of rotatable bonds is 4. The summed E-state index contributed by atoms with van der Waals surface area (Å²) in [6.07, 6.45) is 0. The first-order valence-electron chi connectivity index (χ1n) is 5.82. The molecule has 0 unspecified atom stereocenters. The van der Waals surface area contributed by atoms with Crippen molar-refractivity contribution >= 4 is 26.0 Å². The van der Waals surface area contributed by atoms with Gasteiger partial charge < -0.3 is 0 Å². The van der Waals surface area contributed by atoms with Crippen LogP contribution in [-0.2, 0) is 10.0 Å². The van der Waals surface area contributed by atoms with Crippen molar-refractivity contribution < 1.29 is 8.42 Å². The predicted molar refractivity (Wildman–Crippen MR) is 79.3 cm³/mol. The molecular formula is C14H14BrNO2S. The maximum absolute atomic E-state index is 12.2. The van der Waals surface area contributed by atoms with Gasteiger partial charge in [-0.05, 0) is 30.7 Å². The van der Waals surface area contributed by atoms with Crippen LogP contribution in [0.25, 0.3) is 0 Å². The molecule has 1 N–H and O–H groups in total. The largest absolute Gasteiger partial charge is 0.241 e. The number of hydrogen-bond acceptors (Lipinski definition) is 2. The Morgan fingerprint density at radius 2 is 1.74 bits per heavy atom. The molecule has 0 spiro atoms. The SMILES string of the molecule is C[C@H](NS(=O)(=O)c1cccc(Br)c1)c1ccccc1. The first-order chi connectivity index (χ1) is 8.99. The monoisotopic (exact) mass is 339 g/mol. The molecule has 0 aliphatic heterocycles. The van der Waals surface area contributed by atoms with Crippen molar-refractivity contribution in [3.8, 4) is 0 Å². The molecule has 0 aliphatic rings. The standard InChI is InChI=1S/C14H14BrNO2S/c1-11(12-6-3-2-4-7-12)16-19(17,18)14-9-5-8-13(15)10-14/h2-11,16H,1H3/t11-/m0/s1. The summed E-state index contributed by atoms with van der Waals surface area (Å²) in [5, 5.41) is 0. The molecule has 0 aliphatic carbocycles. The third-order valence-corrected chi connectivity index (χ3v) is 4.77. The minimum absolute atomic E-state index is 0.254. The van der Waals surface area contributed by atoms with Gasteiger partial charge in [0.2, 0.25) is 10.0 Å². The lowest BCUT2D eigenvalue weighted by molar-refractivity contribution is 0.567. The van der Waals surface area contributed by atoms with Crippen LogP contribution >= 0.6 is 15.9 Å². The zero-order valence-corrected chi connectivity index (χ0v) is 12.8. The van der Waals surface area contributed by atoms with Crippen molar-refractivity contribution in [2.24, 2.45) is 0 Å². The van der Waals surface area contributed by atoms with E-state index in [-0.39, 0.29) is 10.9 Å². The van der Waals surface area contributed by atoms with Gasteiger partial charge in [0, 0.05) is 10.5 Å². The quantitative estimate of drug-likeness (QED) is 0.926. The normalized spacial score (nSPS) is 13.2. The van der Waals surface area contributed by atoms with Gasteiger partial charge in [-0.1, -0.05) is 52.3 Å². The van der Waals surface area contributed by atoms with E-state index in [1.807, 2.05) is 37.3 Å². The van der Waals surface area contributed by atoms with Gasteiger partial charge in [0.05, 0.1) is 4.90 Å². The fourth-order valence-corrected chi connectivity index (χ4v) is 3.57. The van der Waals surface area contributed by atoms with E-state index in [1.165, 1.54) is 0 Å². The molecule has 3 nitrogen and oxygen atoms in total. The molecule has 2 aromatic carbocycles. The van der Waals surface area contributed by atoms with Crippen molar-refractivity contribution in [2.75, 3.05) is 0 Å². The Morgan fingerprint density at radius 1 is 1.05 bits per heavy atom. The van der Waals surface area contributed by atoms with Crippen LogP contribution in [-0.4, -0.2) is 8.42 Å². The van der Waals surface area contributed by atoms with Crippen LogP contribution in [0.5, 0.6) is 0 Å². The van der Waals surface area contributed by atoms with E-state index in [2.05, 4.69) is 20.7 Å². The lowest BCUT2D eigenvalue weighted by Gasteiger charge is -2.14. The van der Waals surface area contributed by atoms with E-state index >= 15 is 0 Å². The van der Waals surface area contributed by atoms with Crippen molar-refractivity contribution in [2.45, 2.75) is 17.9 Å². The molecule has 2 rings (SSSR count). The molecule has 0 amide bonds. The highest BCUT2D eigenvalue weighted by Gasteiger charge is 2.18. The van der Waals surface area contributed by atoms with Gasteiger partial charge in [-0.15, -0.1) is 0 Å². The molecule has 0 radical (unpaired) electrons. The smallest absolute Gasteiger partial charge is 0.207 e. The van der Waals surface area contributed by atoms with E-state index in [9.17, 15) is 8.42 Å². The van der Waals surface area contributed by atoms with Crippen LogP contribution in [0.3, 0.4) is 0 Å². The summed E-state index contributed by atoms with van der Waals surface area (Å²) in [4.78, 5) is 0.254. The van der Waals surface area contributed by atoms with Gasteiger partial charge in [0.1, 0.15) is 0 Å². The summed E-state index contributed by atoms with van der Waals surface area (Å²) < 4.78 is 27.9. The Labute approximate surface area is 121 Å². The fourth-order valence-electron chi connectivity index (χ4n) is 1.74. The highest BCUT2D eigenvalue weighted by atomic mass is 79.9. The van der Waals surface area contributed by atoms with Crippen LogP contribution in [0, 0.1) is 0 Å². The Hall–Kier alpha value is -1.17. The first kappa shape index (κ1) is 14.2. The lowest BCUT2D eigenvalue weighted by atomic mass is 10.1. The molecule has 19 heavy (non-hydrogen) atoms. The van der Waals surface area contributed by atoms with Gasteiger partial charge in [-0.3, -0.25) is 0 Å². The minimum atomic E-state index is -3.51. The van der Waals surface area contributed by atoms with Gasteiger partial charge in [-0.2, -0.15) is 0 Å². The van der Waals surface area contributed by atoms with Crippen LogP contribution in [0.2, 0.25) is 0 Å².